The molecule has 3 heteroatoms. The smallest absolute Gasteiger partial charge is 0.0705 e. The van der Waals surface area contributed by atoms with Crippen LogP contribution in [0, 0.1) is 5.41 Å². The van der Waals surface area contributed by atoms with Crippen LogP contribution in [0.3, 0.4) is 0 Å². The van der Waals surface area contributed by atoms with Crippen molar-refractivity contribution in [2.24, 2.45) is 0 Å². The molecule has 0 spiro atoms. The lowest BCUT2D eigenvalue weighted by Gasteiger charge is -2.11. The van der Waals surface area contributed by atoms with Gasteiger partial charge in [0, 0.05) is 35.6 Å². The summed E-state index contributed by atoms with van der Waals surface area (Å²) in [5.41, 5.74) is 5.26. The number of para-hydroxylation sites is 1. The second-order valence-electron chi connectivity index (χ2n) is 4.96. The van der Waals surface area contributed by atoms with Crippen molar-refractivity contribution < 1.29 is 0 Å². The van der Waals surface area contributed by atoms with Gasteiger partial charge in [0.05, 0.1) is 11.4 Å². The van der Waals surface area contributed by atoms with Gasteiger partial charge in [-0.3, -0.25) is 10.4 Å². The van der Waals surface area contributed by atoms with Crippen LogP contribution in [0.2, 0.25) is 0 Å². The topological polar surface area (TPSA) is 48.8 Å². The molecule has 0 radical (unpaired) electrons. The van der Waals surface area contributed by atoms with Crippen molar-refractivity contribution in [1.29, 1.82) is 5.41 Å². The molecule has 2 aromatic carbocycles. The van der Waals surface area contributed by atoms with Gasteiger partial charge in [-0.05, 0) is 18.2 Å². The first-order valence-electron chi connectivity index (χ1n) is 7.17. The summed E-state index contributed by atoms with van der Waals surface area (Å²) < 4.78 is 0. The van der Waals surface area contributed by atoms with E-state index in [1.165, 1.54) is 0 Å². The van der Waals surface area contributed by atoms with Crippen molar-refractivity contribution in [1.82, 2.24) is 4.98 Å². The molecule has 0 saturated carbocycles. The van der Waals surface area contributed by atoms with E-state index in [4.69, 9.17) is 5.41 Å². The van der Waals surface area contributed by atoms with Gasteiger partial charge in [-0.25, -0.2) is 0 Å². The van der Waals surface area contributed by atoms with Gasteiger partial charge in [-0.1, -0.05) is 48.5 Å². The molecule has 0 aliphatic rings. The molecule has 22 heavy (non-hydrogen) atoms. The van der Waals surface area contributed by atoms with E-state index in [1.54, 1.807) is 6.20 Å². The van der Waals surface area contributed by atoms with Crippen LogP contribution in [-0.4, -0.2) is 17.7 Å². The van der Waals surface area contributed by atoms with Crippen LogP contribution in [0.1, 0.15) is 11.1 Å². The number of anilines is 1. The zero-order valence-electron chi connectivity index (χ0n) is 12.4. The molecule has 0 atom stereocenters. The highest BCUT2D eigenvalue weighted by atomic mass is 14.8. The maximum Gasteiger partial charge on any atom is 0.0705 e. The summed E-state index contributed by atoms with van der Waals surface area (Å²) in [6.07, 6.45) is 1.79. The molecule has 3 rings (SSSR count). The van der Waals surface area contributed by atoms with Crippen molar-refractivity contribution in [3.8, 4) is 11.3 Å². The Hall–Kier alpha value is -2.94. The maximum absolute atomic E-state index is 8.43. The average Bonchev–Trinajstić information content (AvgIpc) is 2.62. The summed E-state index contributed by atoms with van der Waals surface area (Å²) in [6.45, 7) is 0. The molecule has 0 saturated heterocycles. The second-order valence-corrected chi connectivity index (χ2v) is 4.96. The van der Waals surface area contributed by atoms with Crippen LogP contribution in [0.5, 0.6) is 0 Å². The van der Waals surface area contributed by atoms with E-state index in [0.29, 0.717) is 5.71 Å². The van der Waals surface area contributed by atoms with Gasteiger partial charge in [0.2, 0.25) is 0 Å². The van der Waals surface area contributed by atoms with Crippen LogP contribution in [0.15, 0.2) is 72.9 Å². The molecule has 3 aromatic rings. The van der Waals surface area contributed by atoms with Crippen LogP contribution in [-0.2, 0) is 0 Å². The maximum atomic E-state index is 8.43. The van der Waals surface area contributed by atoms with Crippen LogP contribution in [0.25, 0.3) is 11.3 Å². The lowest BCUT2D eigenvalue weighted by atomic mass is 9.99. The van der Waals surface area contributed by atoms with Gasteiger partial charge in [0.1, 0.15) is 0 Å². The van der Waals surface area contributed by atoms with E-state index in [9.17, 15) is 0 Å². The van der Waals surface area contributed by atoms with Crippen LogP contribution >= 0.6 is 0 Å². The second kappa shape index (κ2) is 6.22. The third-order valence-electron chi connectivity index (χ3n) is 3.60. The highest BCUT2D eigenvalue weighted by Gasteiger charge is 2.09. The number of benzene rings is 2. The normalized spacial score (nSPS) is 10.2. The van der Waals surface area contributed by atoms with Gasteiger partial charge in [-0.2, -0.15) is 0 Å². The summed E-state index contributed by atoms with van der Waals surface area (Å²) in [6, 6.07) is 21.7. The van der Waals surface area contributed by atoms with Crippen molar-refractivity contribution in [3.63, 3.8) is 0 Å². The Kier molecular flexibility index (Phi) is 3.97. The van der Waals surface area contributed by atoms with Gasteiger partial charge >= 0.3 is 0 Å². The molecular weight excluding hydrogens is 270 g/mol. The summed E-state index contributed by atoms with van der Waals surface area (Å²) in [4.78, 5) is 4.35. The van der Waals surface area contributed by atoms with E-state index in [-0.39, 0.29) is 0 Å². The number of rotatable bonds is 4. The van der Waals surface area contributed by atoms with Gasteiger partial charge in [0.15, 0.2) is 0 Å². The van der Waals surface area contributed by atoms with Crippen molar-refractivity contribution in [2.75, 3.05) is 12.4 Å². The Bertz CT molecular complexity index is 777. The molecule has 0 amide bonds. The number of pyridine rings is 1. The molecule has 1 heterocycles. The monoisotopic (exact) mass is 287 g/mol. The fourth-order valence-corrected chi connectivity index (χ4v) is 2.42. The van der Waals surface area contributed by atoms with E-state index in [1.807, 2.05) is 73.8 Å². The fraction of sp³-hybridized carbons (Fsp3) is 0.0526. The predicted molar refractivity (Wildman–Crippen MR) is 91.6 cm³/mol. The third-order valence-corrected chi connectivity index (χ3v) is 3.60. The zero-order valence-corrected chi connectivity index (χ0v) is 12.4. The Labute approximate surface area is 130 Å². The van der Waals surface area contributed by atoms with E-state index in [0.717, 1.165) is 28.1 Å². The number of nitrogens with zero attached hydrogens (tertiary/aromatic N) is 1. The first-order valence-corrected chi connectivity index (χ1v) is 7.17. The molecule has 0 aliphatic heterocycles. The Morgan fingerprint density at radius 1 is 0.909 bits per heavy atom. The summed E-state index contributed by atoms with van der Waals surface area (Å²) in [5.74, 6) is 0. The van der Waals surface area contributed by atoms with E-state index >= 15 is 0 Å². The van der Waals surface area contributed by atoms with E-state index in [2.05, 4.69) is 10.3 Å². The van der Waals surface area contributed by atoms with Crippen LogP contribution in [0.4, 0.5) is 5.69 Å². The number of hydrogen-bond acceptors (Lipinski definition) is 3. The first kappa shape index (κ1) is 14.0. The molecule has 0 unspecified atom stereocenters. The van der Waals surface area contributed by atoms with Crippen molar-refractivity contribution in [3.05, 3.63) is 84.1 Å². The summed E-state index contributed by atoms with van der Waals surface area (Å²) >= 11 is 0. The minimum atomic E-state index is 0.512. The standard InChI is InChI=1S/C19H17N3/c1-21-18-8-3-2-6-16(18)19(20)15-11-9-14(10-12-15)17-7-4-5-13-22-17/h2-13,20-21H,1H3. The lowest BCUT2D eigenvalue weighted by molar-refractivity contribution is 1.32. The van der Waals surface area contributed by atoms with E-state index < -0.39 is 0 Å². The van der Waals surface area contributed by atoms with Crippen molar-refractivity contribution >= 4 is 11.4 Å². The molecule has 2 N–H and O–H groups in total. The third kappa shape index (κ3) is 2.74. The number of nitrogens with one attached hydrogen (secondary N) is 2. The summed E-state index contributed by atoms with van der Waals surface area (Å²) in [5, 5.41) is 11.6. The lowest BCUT2D eigenvalue weighted by Crippen LogP contribution is -2.05. The highest BCUT2D eigenvalue weighted by Crippen LogP contribution is 2.21. The highest BCUT2D eigenvalue weighted by molar-refractivity contribution is 6.14. The Morgan fingerprint density at radius 3 is 2.32 bits per heavy atom. The first-order chi connectivity index (χ1) is 10.8. The Morgan fingerprint density at radius 2 is 1.64 bits per heavy atom. The minimum Gasteiger partial charge on any atom is -0.388 e. The number of aromatic nitrogens is 1. The predicted octanol–water partition coefficient (Wildman–Crippen LogP) is 4.21. The Balaban J connectivity index is 1.91. The molecule has 1 aromatic heterocycles. The summed E-state index contributed by atoms with van der Waals surface area (Å²) in [7, 11) is 1.87. The number of hydrogen-bond donors (Lipinski definition) is 2. The largest absolute Gasteiger partial charge is 0.388 e. The molecule has 3 nitrogen and oxygen atoms in total. The minimum absolute atomic E-state index is 0.512. The van der Waals surface area contributed by atoms with Gasteiger partial charge in [0.25, 0.3) is 0 Å². The van der Waals surface area contributed by atoms with Gasteiger partial charge < -0.3 is 5.32 Å². The van der Waals surface area contributed by atoms with Crippen molar-refractivity contribution in [2.45, 2.75) is 0 Å². The molecule has 0 fully saturated rings. The zero-order chi connectivity index (χ0) is 15.4. The molecule has 0 bridgehead atoms. The molecule has 0 aliphatic carbocycles. The SMILES string of the molecule is CNc1ccccc1C(=N)c1ccc(-c2ccccn2)cc1. The average molecular weight is 287 g/mol. The van der Waals surface area contributed by atoms with Gasteiger partial charge in [-0.15, -0.1) is 0 Å². The molecular formula is C19H17N3. The van der Waals surface area contributed by atoms with Crippen LogP contribution < -0.4 is 5.32 Å². The molecule has 108 valence electrons. The fourth-order valence-electron chi connectivity index (χ4n) is 2.42. The quantitative estimate of drug-likeness (QED) is 0.706.